The molecule has 1 unspecified atom stereocenters. The van der Waals surface area contributed by atoms with Crippen molar-refractivity contribution in [3.63, 3.8) is 0 Å². The van der Waals surface area contributed by atoms with E-state index >= 15 is 0 Å². The number of piperidine rings is 2. The minimum absolute atomic E-state index is 0. The third kappa shape index (κ3) is 6.25. The average molecular weight is 503 g/mol. The van der Waals surface area contributed by atoms with E-state index in [0.717, 1.165) is 64.4 Å². The molecule has 8 nitrogen and oxygen atoms in total. The number of nitrogens with one attached hydrogen (secondary N) is 2. The highest BCUT2D eigenvalue weighted by Gasteiger charge is 2.23. The Kier molecular flexibility index (Phi) is 8.84. The summed E-state index contributed by atoms with van der Waals surface area (Å²) in [4.78, 5) is 20.2. The Morgan fingerprint density at radius 3 is 2.64 bits per heavy atom. The zero-order valence-corrected chi connectivity index (χ0v) is 19.6. The monoisotopic (exact) mass is 503 g/mol. The van der Waals surface area contributed by atoms with Crippen LogP contribution in [0.15, 0.2) is 17.4 Å². The lowest BCUT2D eigenvalue weighted by molar-refractivity contribution is -0.130. The summed E-state index contributed by atoms with van der Waals surface area (Å²) in [6.07, 6.45) is 8.43. The van der Waals surface area contributed by atoms with E-state index in [-0.39, 0.29) is 29.9 Å². The molecule has 2 aliphatic heterocycles. The first kappa shape index (κ1) is 22.8. The number of hydrogen-bond acceptors (Lipinski definition) is 4. The van der Waals surface area contributed by atoms with Gasteiger partial charge in [0.25, 0.3) is 0 Å². The summed E-state index contributed by atoms with van der Waals surface area (Å²) < 4.78 is 1.85. The van der Waals surface area contributed by atoms with E-state index in [1.54, 1.807) is 6.92 Å². The van der Waals surface area contributed by atoms with Gasteiger partial charge >= 0.3 is 0 Å². The lowest BCUT2D eigenvalue weighted by Gasteiger charge is -2.35. The number of rotatable bonds is 4. The average Bonchev–Trinajstić information content (AvgIpc) is 3.12. The van der Waals surface area contributed by atoms with Crippen LogP contribution >= 0.6 is 24.0 Å². The molecule has 0 radical (unpaired) electrons. The second-order valence-corrected chi connectivity index (χ2v) is 7.70. The van der Waals surface area contributed by atoms with Gasteiger partial charge in [-0.05, 0) is 31.6 Å². The highest BCUT2D eigenvalue weighted by atomic mass is 127. The number of anilines is 1. The van der Waals surface area contributed by atoms with Gasteiger partial charge in [0, 0.05) is 66.0 Å². The molecular formula is C19H34IN7O. The molecule has 0 spiro atoms. The van der Waals surface area contributed by atoms with Crippen LogP contribution in [-0.2, 0) is 11.8 Å². The maximum absolute atomic E-state index is 11.4. The molecule has 2 N–H and O–H groups in total. The zero-order valence-electron chi connectivity index (χ0n) is 17.2. The molecule has 9 heteroatoms. The summed E-state index contributed by atoms with van der Waals surface area (Å²) in [5.41, 5.74) is 1.18. The van der Waals surface area contributed by atoms with Gasteiger partial charge in [-0.1, -0.05) is 0 Å². The van der Waals surface area contributed by atoms with E-state index in [0.29, 0.717) is 12.0 Å². The van der Waals surface area contributed by atoms with Crippen molar-refractivity contribution in [2.75, 3.05) is 44.7 Å². The maximum Gasteiger partial charge on any atom is 0.219 e. The number of nitrogens with zero attached hydrogens (tertiary/aromatic N) is 5. The van der Waals surface area contributed by atoms with Crippen LogP contribution in [0.2, 0.25) is 0 Å². The van der Waals surface area contributed by atoms with Crippen molar-refractivity contribution in [3.05, 3.63) is 12.4 Å². The van der Waals surface area contributed by atoms with Crippen molar-refractivity contribution in [3.8, 4) is 0 Å². The highest BCUT2D eigenvalue weighted by molar-refractivity contribution is 14.0. The Labute approximate surface area is 185 Å². The lowest BCUT2D eigenvalue weighted by Crippen LogP contribution is -2.52. The molecule has 2 saturated heterocycles. The molecule has 1 amide bonds. The minimum atomic E-state index is 0. The number of hydrogen-bond donors (Lipinski definition) is 2. The van der Waals surface area contributed by atoms with Gasteiger partial charge in [-0.2, -0.15) is 5.10 Å². The highest BCUT2D eigenvalue weighted by Crippen LogP contribution is 2.19. The van der Waals surface area contributed by atoms with E-state index in [2.05, 4.69) is 31.8 Å². The van der Waals surface area contributed by atoms with Gasteiger partial charge in [0.1, 0.15) is 0 Å². The molecule has 2 fully saturated rings. The summed E-state index contributed by atoms with van der Waals surface area (Å²) in [6.45, 7) is 6.34. The van der Waals surface area contributed by atoms with Gasteiger partial charge in [-0.3, -0.25) is 14.5 Å². The molecule has 1 atom stereocenters. The number of carbonyl (C=O) groups is 1. The molecule has 0 saturated carbocycles. The molecule has 3 heterocycles. The van der Waals surface area contributed by atoms with Crippen LogP contribution in [0.1, 0.15) is 32.6 Å². The van der Waals surface area contributed by atoms with Crippen LogP contribution < -0.4 is 15.5 Å². The Balaban J connectivity index is 0.00000280. The molecule has 1 aromatic heterocycles. The molecule has 0 aliphatic carbocycles. The molecule has 158 valence electrons. The van der Waals surface area contributed by atoms with Crippen LogP contribution in [0.3, 0.4) is 0 Å². The van der Waals surface area contributed by atoms with Crippen LogP contribution in [0.25, 0.3) is 0 Å². The Bertz CT molecular complexity index is 654. The molecule has 2 aliphatic rings. The summed E-state index contributed by atoms with van der Waals surface area (Å²) in [6, 6.07) is 0.379. The number of likely N-dealkylation sites (tertiary alicyclic amines) is 1. The van der Waals surface area contributed by atoms with Crippen molar-refractivity contribution in [2.45, 2.75) is 38.6 Å². The van der Waals surface area contributed by atoms with Crippen LogP contribution in [0, 0.1) is 5.92 Å². The van der Waals surface area contributed by atoms with Crippen LogP contribution in [0.5, 0.6) is 0 Å². The third-order valence-corrected chi connectivity index (χ3v) is 5.66. The van der Waals surface area contributed by atoms with Gasteiger partial charge < -0.3 is 20.4 Å². The van der Waals surface area contributed by atoms with Crippen LogP contribution in [-0.4, -0.2) is 72.4 Å². The zero-order chi connectivity index (χ0) is 19.2. The van der Waals surface area contributed by atoms with E-state index < -0.39 is 0 Å². The first-order chi connectivity index (χ1) is 13.0. The number of aromatic nitrogens is 2. The van der Waals surface area contributed by atoms with E-state index in [4.69, 9.17) is 0 Å². The van der Waals surface area contributed by atoms with Gasteiger partial charge in [-0.25, -0.2) is 0 Å². The number of amides is 1. The number of aryl methyl sites for hydroxylation is 1. The summed E-state index contributed by atoms with van der Waals surface area (Å²) >= 11 is 0. The molecule has 0 aromatic carbocycles. The number of aliphatic imine (C=N–C) groups is 1. The molecular weight excluding hydrogens is 469 g/mol. The lowest BCUT2D eigenvalue weighted by atomic mass is 9.97. The van der Waals surface area contributed by atoms with Crippen molar-refractivity contribution >= 4 is 41.5 Å². The molecule has 3 rings (SSSR count). The Morgan fingerprint density at radius 2 is 2.04 bits per heavy atom. The van der Waals surface area contributed by atoms with Gasteiger partial charge in [0.05, 0.1) is 11.9 Å². The number of carbonyl (C=O) groups excluding carboxylic acids is 1. The van der Waals surface area contributed by atoms with Gasteiger partial charge in [0.2, 0.25) is 5.91 Å². The normalized spacial score (nSPS) is 21.2. The van der Waals surface area contributed by atoms with E-state index in [9.17, 15) is 4.79 Å². The minimum Gasteiger partial charge on any atom is -0.367 e. The quantitative estimate of drug-likeness (QED) is 0.370. The fourth-order valence-corrected chi connectivity index (χ4v) is 3.98. The molecule has 28 heavy (non-hydrogen) atoms. The number of halogens is 1. The Hall–Kier alpha value is -1.52. The summed E-state index contributed by atoms with van der Waals surface area (Å²) in [7, 11) is 3.78. The summed E-state index contributed by atoms with van der Waals surface area (Å²) in [5.74, 6) is 1.66. The van der Waals surface area contributed by atoms with E-state index in [1.165, 1.54) is 5.69 Å². The second-order valence-electron chi connectivity index (χ2n) is 7.70. The van der Waals surface area contributed by atoms with Gasteiger partial charge in [-0.15, -0.1) is 24.0 Å². The molecule has 0 bridgehead atoms. The SMILES string of the molecule is CN=C(NCC1CCN(C(C)=O)CC1)NC1CCCN(c2cnn(C)c2)C1.I. The first-order valence-corrected chi connectivity index (χ1v) is 10.0. The van der Waals surface area contributed by atoms with E-state index in [1.807, 2.05) is 29.9 Å². The smallest absolute Gasteiger partial charge is 0.219 e. The third-order valence-electron chi connectivity index (χ3n) is 5.66. The first-order valence-electron chi connectivity index (χ1n) is 10.0. The molecule has 1 aromatic rings. The van der Waals surface area contributed by atoms with Gasteiger partial charge in [0.15, 0.2) is 5.96 Å². The number of guanidine groups is 1. The standard InChI is InChI=1S/C19H33N7O.HI/c1-15(27)25-9-6-16(7-10-25)11-21-19(20-2)23-17-5-4-8-26(13-17)18-12-22-24(3)14-18;/h12,14,16-17H,4-11,13H2,1-3H3,(H2,20,21,23);1H. The fourth-order valence-electron chi connectivity index (χ4n) is 3.98. The largest absolute Gasteiger partial charge is 0.367 e. The summed E-state index contributed by atoms with van der Waals surface area (Å²) in [5, 5.41) is 11.4. The second kappa shape index (κ2) is 10.9. The maximum atomic E-state index is 11.4. The van der Waals surface area contributed by atoms with Crippen molar-refractivity contribution in [1.29, 1.82) is 0 Å². The van der Waals surface area contributed by atoms with Crippen molar-refractivity contribution < 1.29 is 4.79 Å². The fraction of sp³-hybridized carbons (Fsp3) is 0.737. The van der Waals surface area contributed by atoms with Crippen LogP contribution in [0.4, 0.5) is 5.69 Å². The predicted molar refractivity (Wildman–Crippen MR) is 123 cm³/mol. The Morgan fingerprint density at radius 1 is 1.29 bits per heavy atom. The predicted octanol–water partition coefficient (Wildman–Crippen LogP) is 1.43. The van der Waals surface area contributed by atoms with Crippen molar-refractivity contribution in [1.82, 2.24) is 25.3 Å². The van der Waals surface area contributed by atoms with Crippen molar-refractivity contribution in [2.24, 2.45) is 18.0 Å². The topological polar surface area (TPSA) is 77.8 Å².